The van der Waals surface area contributed by atoms with E-state index in [4.69, 9.17) is 5.73 Å². The Morgan fingerprint density at radius 1 is 1.16 bits per heavy atom. The molecule has 1 aliphatic heterocycles. The average molecular weight is 581 g/mol. The van der Waals surface area contributed by atoms with Gasteiger partial charge in [0.2, 0.25) is 5.91 Å². The molecule has 0 radical (unpaired) electrons. The number of carbonyl (C=O) groups is 4. The van der Waals surface area contributed by atoms with E-state index in [0.29, 0.717) is 56.6 Å². The van der Waals surface area contributed by atoms with Gasteiger partial charge >= 0.3 is 0 Å². The van der Waals surface area contributed by atoms with E-state index in [0.717, 1.165) is 4.47 Å². The minimum atomic E-state index is -1.13. The van der Waals surface area contributed by atoms with Crippen LogP contribution in [0.4, 0.5) is 4.39 Å². The molecule has 9 heteroatoms. The van der Waals surface area contributed by atoms with Crippen LogP contribution in [0.2, 0.25) is 0 Å². The summed E-state index contributed by atoms with van der Waals surface area (Å²) >= 11 is 3.36. The number of halogens is 2. The summed E-state index contributed by atoms with van der Waals surface area (Å²) in [7, 11) is 0. The standard InChI is InChI=1S/C28H39BrFN3O4/c1-18(2)14-22(16-25(34)20-8-10-23(29)11-9-20)28(37)33-13-5-7-24(33)26(35)15-21(27(36)17-30)6-4-12-32-19(3)31/h8-11,18,21-22,24,32H,3-7,12-17,31H2,1-2H3/t21-,22-,24+/m1/s1. The number of alkyl halides is 1. The van der Waals surface area contributed by atoms with Gasteiger partial charge in [-0.2, -0.15) is 0 Å². The predicted molar refractivity (Wildman–Crippen MR) is 145 cm³/mol. The van der Waals surface area contributed by atoms with Gasteiger partial charge in [-0.05, 0) is 50.2 Å². The third-order valence-corrected chi connectivity index (χ3v) is 7.26. The molecule has 1 heterocycles. The lowest BCUT2D eigenvalue weighted by Gasteiger charge is -2.29. The Kier molecular flexibility index (Phi) is 12.4. The molecule has 37 heavy (non-hydrogen) atoms. The Morgan fingerprint density at radius 3 is 2.43 bits per heavy atom. The fourth-order valence-electron chi connectivity index (χ4n) is 4.88. The van der Waals surface area contributed by atoms with Crippen LogP contribution >= 0.6 is 15.9 Å². The molecular formula is C28H39BrFN3O4. The molecule has 204 valence electrons. The number of amides is 1. The van der Waals surface area contributed by atoms with Crippen LogP contribution in [0.1, 0.15) is 69.2 Å². The quantitative estimate of drug-likeness (QED) is 0.219. The fourth-order valence-corrected chi connectivity index (χ4v) is 5.14. The van der Waals surface area contributed by atoms with Gasteiger partial charge < -0.3 is 16.0 Å². The third-order valence-electron chi connectivity index (χ3n) is 6.73. The number of hydrogen-bond acceptors (Lipinski definition) is 6. The van der Waals surface area contributed by atoms with E-state index in [-0.39, 0.29) is 36.2 Å². The third kappa shape index (κ3) is 9.68. The van der Waals surface area contributed by atoms with Crippen molar-refractivity contribution in [3.63, 3.8) is 0 Å². The van der Waals surface area contributed by atoms with Gasteiger partial charge in [0, 0.05) is 47.8 Å². The summed E-state index contributed by atoms with van der Waals surface area (Å²) in [4.78, 5) is 53.6. The van der Waals surface area contributed by atoms with Crippen molar-refractivity contribution < 1.29 is 23.6 Å². The largest absolute Gasteiger partial charge is 0.386 e. The van der Waals surface area contributed by atoms with E-state index >= 15 is 0 Å². The molecule has 0 bridgehead atoms. The Bertz CT molecular complexity index is 967. The first-order chi connectivity index (χ1) is 17.5. The average Bonchev–Trinajstić information content (AvgIpc) is 3.34. The van der Waals surface area contributed by atoms with Crippen molar-refractivity contribution in [2.75, 3.05) is 19.8 Å². The first kappa shape index (κ1) is 30.7. The molecule has 1 amide bonds. The summed E-state index contributed by atoms with van der Waals surface area (Å²) in [5.41, 5.74) is 6.02. The molecule has 0 unspecified atom stereocenters. The number of nitrogens with one attached hydrogen (secondary N) is 1. The lowest BCUT2D eigenvalue weighted by molar-refractivity contribution is -0.142. The molecule has 1 aliphatic rings. The van der Waals surface area contributed by atoms with Crippen LogP contribution in [-0.2, 0) is 14.4 Å². The van der Waals surface area contributed by atoms with Crippen LogP contribution in [-0.4, -0.2) is 54.0 Å². The van der Waals surface area contributed by atoms with Gasteiger partial charge in [0.15, 0.2) is 17.3 Å². The minimum Gasteiger partial charge on any atom is -0.386 e. The molecule has 3 atom stereocenters. The second kappa shape index (κ2) is 15.0. The number of carbonyl (C=O) groups excluding carboxylic acids is 4. The molecule has 0 saturated carbocycles. The van der Waals surface area contributed by atoms with Crippen molar-refractivity contribution in [2.45, 2.75) is 64.8 Å². The number of nitrogens with two attached hydrogens (primary N) is 1. The Labute approximate surface area is 227 Å². The van der Waals surface area contributed by atoms with E-state index in [2.05, 4.69) is 27.8 Å². The van der Waals surface area contributed by atoms with Crippen molar-refractivity contribution in [1.29, 1.82) is 0 Å². The zero-order chi connectivity index (χ0) is 27.5. The molecule has 2 rings (SSSR count). The highest BCUT2D eigenvalue weighted by atomic mass is 79.9. The van der Waals surface area contributed by atoms with Gasteiger partial charge in [0.1, 0.15) is 6.67 Å². The summed E-state index contributed by atoms with van der Waals surface area (Å²) in [5.74, 6) is -1.93. The van der Waals surface area contributed by atoms with Crippen LogP contribution in [0.15, 0.2) is 41.1 Å². The van der Waals surface area contributed by atoms with E-state index in [1.807, 2.05) is 13.8 Å². The van der Waals surface area contributed by atoms with E-state index in [9.17, 15) is 23.6 Å². The van der Waals surface area contributed by atoms with E-state index < -0.39 is 30.3 Å². The van der Waals surface area contributed by atoms with Gasteiger partial charge in [-0.3, -0.25) is 19.2 Å². The molecule has 0 aromatic heterocycles. The highest BCUT2D eigenvalue weighted by molar-refractivity contribution is 9.10. The number of nitrogens with zero attached hydrogens (tertiary/aromatic N) is 1. The van der Waals surface area contributed by atoms with Crippen molar-refractivity contribution in [1.82, 2.24) is 10.2 Å². The predicted octanol–water partition coefficient (Wildman–Crippen LogP) is 4.59. The second-order valence-electron chi connectivity index (χ2n) is 10.2. The number of hydrogen-bond donors (Lipinski definition) is 2. The van der Waals surface area contributed by atoms with Gasteiger partial charge in [-0.15, -0.1) is 0 Å². The Balaban J connectivity index is 2.10. The molecule has 1 saturated heterocycles. The summed E-state index contributed by atoms with van der Waals surface area (Å²) in [6.45, 7) is 7.31. The number of rotatable bonds is 16. The lowest BCUT2D eigenvalue weighted by Crippen LogP contribution is -2.45. The molecule has 7 nitrogen and oxygen atoms in total. The maximum Gasteiger partial charge on any atom is 0.226 e. The highest BCUT2D eigenvalue weighted by Crippen LogP contribution is 2.28. The maximum atomic E-state index is 13.6. The van der Waals surface area contributed by atoms with Crippen LogP contribution in [0.25, 0.3) is 0 Å². The summed E-state index contributed by atoms with van der Waals surface area (Å²) in [5, 5.41) is 2.86. The first-order valence-electron chi connectivity index (χ1n) is 12.9. The molecule has 1 fully saturated rings. The zero-order valence-corrected chi connectivity index (χ0v) is 23.4. The maximum absolute atomic E-state index is 13.6. The van der Waals surface area contributed by atoms with Gasteiger partial charge in [0.05, 0.1) is 11.9 Å². The van der Waals surface area contributed by atoms with Crippen molar-refractivity contribution >= 4 is 39.2 Å². The monoisotopic (exact) mass is 579 g/mol. The molecule has 3 N–H and O–H groups in total. The summed E-state index contributed by atoms with van der Waals surface area (Å²) < 4.78 is 14.1. The van der Waals surface area contributed by atoms with E-state index in [1.165, 1.54) is 0 Å². The van der Waals surface area contributed by atoms with Crippen LogP contribution < -0.4 is 11.1 Å². The number of benzene rings is 1. The van der Waals surface area contributed by atoms with Gasteiger partial charge in [-0.25, -0.2) is 4.39 Å². The number of likely N-dealkylation sites (tertiary alicyclic amines) is 1. The molecule has 1 aromatic rings. The summed E-state index contributed by atoms with van der Waals surface area (Å²) in [6.07, 6.45) is 2.54. The van der Waals surface area contributed by atoms with Crippen molar-refractivity contribution in [3.05, 3.63) is 46.7 Å². The zero-order valence-electron chi connectivity index (χ0n) is 21.8. The second-order valence-corrected chi connectivity index (χ2v) is 11.1. The first-order valence-corrected chi connectivity index (χ1v) is 13.7. The van der Waals surface area contributed by atoms with Crippen LogP contribution in [0.5, 0.6) is 0 Å². The Morgan fingerprint density at radius 2 is 1.84 bits per heavy atom. The van der Waals surface area contributed by atoms with Crippen molar-refractivity contribution in [3.8, 4) is 0 Å². The molecule has 1 aromatic carbocycles. The van der Waals surface area contributed by atoms with E-state index in [1.54, 1.807) is 29.2 Å². The SMILES string of the molecule is C=C(N)NCCC[C@H](CC(=O)[C@@H]1CCCN1C(=O)[C@@H](CC(=O)c1ccc(Br)cc1)CC(C)C)C(=O)CF. The van der Waals surface area contributed by atoms with Crippen LogP contribution in [0.3, 0.4) is 0 Å². The minimum absolute atomic E-state index is 0.0679. The molecule has 0 aliphatic carbocycles. The van der Waals surface area contributed by atoms with Gasteiger partial charge in [-0.1, -0.05) is 48.5 Å². The number of Topliss-reactive ketones (excluding diaryl/α,β-unsaturated/α-hetero) is 3. The van der Waals surface area contributed by atoms with Crippen LogP contribution in [0, 0.1) is 17.8 Å². The smallest absolute Gasteiger partial charge is 0.226 e. The summed E-state index contributed by atoms with van der Waals surface area (Å²) in [6, 6.07) is 6.39. The van der Waals surface area contributed by atoms with Gasteiger partial charge in [0.25, 0.3) is 0 Å². The lowest BCUT2D eigenvalue weighted by atomic mass is 9.88. The molecular weight excluding hydrogens is 541 g/mol. The highest BCUT2D eigenvalue weighted by Gasteiger charge is 2.38. The molecule has 0 spiro atoms. The Hall–Kier alpha value is -2.55. The van der Waals surface area contributed by atoms with Crippen molar-refractivity contribution in [2.24, 2.45) is 23.5 Å². The number of ketones is 3. The fraction of sp³-hybridized carbons (Fsp3) is 0.571. The normalized spacial score (nSPS) is 16.9. The topological polar surface area (TPSA) is 110 Å².